The van der Waals surface area contributed by atoms with Gasteiger partial charge in [0.05, 0.1) is 18.2 Å². The zero-order chi connectivity index (χ0) is 18.1. The summed E-state index contributed by atoms with van der Waals surface area (Å²) in [5.74, 6) is -0.617. The smallest absolute Gasteiger partial charge is 0.201 e. The first kappa shape index (κ1) is 16.9. The Morgan fingerprint density at radius 2 is 1.76 bits per heavy atom. The Morgan fingerprint density at radius 1 is 1.04 bits per heavy atom. The largest absolute Gasteiger partial charge is 0.507 e. The normalized spacial score (nSPS) is 12.6. The molecule has 2 aromatic carbocycles. The Hall–Kier alpha value is -2.95. The topological polar surface area (TPSA) is 80.7 Å². The minimum absolute atomic E-state index is 0.0107. The Balaban J connectivity index is 2.10. The molecule has 0 amide bonds. The number of rotatable bonds is 5. The molecule has 25 heavy (non-hydrogen) atoms. The summed E-state index contributed by atoms with van der Waals surface area (Å²) < 4.78 is 5.21. The van der Waals surface area contributed by atoms with Crippen LogP contribution >= 0.6 is 0 Å². The fourth-order valence-electron chi connectivity index (χ4n) is 3.10. The van der Waals surface area contributed by atoms with Crippen LogP contribution in [-0.2, 0) is 11.2 Å². The molecule has 0 atom stereocenters. The molecule has 0 aliphatic heterocycles. The van der Waals surface area contributed by atoms with Crippen molar-refractivity contribution in [2.24, 2.45) is 0 Å². The zero-order valence-electron chi connectivity index (χ0n) is 14.1. The van der Waals surface area contributed by atoms with Gasteiger partial charge in [0.1, 0.15) is 17.3 Å². The molecule has 0 spiro atoms. The third kappa shape index (κ3) is 2.71. The van der Waals surface area contributed by atoms with E-state index in [2.05, 4.69) is 0 Å². The number of methoxy groups -OCH3 is 1. The summed E-state index contributed by atoms with van der Waals surface area (Å²) in [6, 6.07) is 7.98. The van der Waals surface area contributed by atoms with Gasteiger partial charge in [-0.3, -0.25) is 14.4 Å². The van der Waals surface area contributed by atoms with E-state index in [1.807, 2.05) is 0 Å². The molecular formula is C20H18O5. The predicted molar refractivity (Wildman–Crippen MR) is 91.6 cm³/mol. The highest BCUT2D eigenvalue weighted by molar-refractivity contribution is 6.30. The molecule has 0 unspecified atom stereocenters. The van der Waals surface area contributed by atoms with Crippen molar-refractivity contribution < 1.29 is 24.2 Å². The van der Waals surface area contributed by atoms with Gasteiger partial charge in [0.2, 0.25) is 5.78 Å². The van der Waals surface area contributed by atoms with Crippen molar-refractivity contribution in [3.05, 3.63) is 58.1 Å². The van der Waals surface area contributed by atoms with Crippen LogP contribution in [-0.4, -0.2) is 29.6 Å². The van der Waals surface area contributed by atoms with Gasteiger partial charge in [0, 0.05) is 24.0 Å². The molecule has 5 heteroatoms. The highest BCUT2D eigenvalue weighted by Crippen LogP contribution is 2.38. The molecule has 0 saturated heterocycles. The molecule has 0 fully saturated rings. The lowest BCUT2D eigenvalue weighted by molar-refractivity contribution is -0.118. The van der Waals surface area contributed by atoms with Gasteiger partial charge in [0.25, 0.3) is 0 Å². The average Bonchev–Trinajstić information content (AvgIpc) is 2.63. The number of Topliss-reactive ketones (excluding diaryl/α,β-unsaturated/α-hetero) is 1. The van der Waals surface area contributed by atoms with Crippen LogP contribution in [0.5, 0.6) is 11.5 Å². The number of carbonyl (C=O) groups excluding carboxylic acids is 3. The molecule has 1 aliphatic carbocycles. The van der Waals surface area contributed by atoms with Gasteiger partial charge in [-0.05, 0) is 24.1 Å². The number of fused-ring (bicyclic) bond motifs is 2. The molecular weight excluding hydrogens is 320 g/mol. The number of benzene rings is 2. The Morgan fingerprint density at radius 3 is 2.44 bits per heavy atom. The molecule has 0 saturated carbocycles. The van der Waals surface area contributed by atoms with Gasteiger partial charge in [-0.15, -0.1) is 0 Å². The predicted octanol–water partition coefficient (Wildman–Crippen LogP) is 3.09. The molecule has 0 aromatic heterocycles. The van der Waals surface area contributed by atoms with Crippen LogP contribution in [0.1, 0.15) is 57.2 Å². The number of aromatic hydroxyl groups is 1. The fraction of sp³-hybridized carbons (Fsp3) is 0.250. The lowest BCUT2D eigenvalue weighted by Crippen LogP contribution is -2.22. The summed E-state index contributed by atoms with van der Waals surface area (Å²) in [6.45, 7) is 1.78. The summed E-state index contributed by atoms with van der Waals surface area (Å²) in [7, 11) is 1.43. The van der Waals surface area contributed by atoms with Crippen molar-refractivity contribution in [1.29, 1.82) is 0 Å². The maximum absolute atomic E-state index is 12.9. The lowest BCUT2D eigenvalue weighted by Gasteiger charge is -2.21. The van der Waals surface area contributed by atoms with E-state index < -0.39 is 5.78 Å². The van der Waals surface area contributed by atoms with Crippen molar-refractivity contribution >= 4 is 17.3 Å². The second-order valence-electron chi connectivity index (χ2n) is 5.93. The maximum atomic E-state index is 12.9. The van der Waals surface area contributed by atoms with E-state index in [4.69, 9.17) is 4.74 Å². The van der Waals surface area contributed by atoms with Crippen molar-refractivity contribution in [2.45, 2.75) is 26.2 Å². The summed E-state index contributed by atoms with van der Waals surface area (Å²) in [5.41, 5.74) is 1.09. The third-order valence-electron chi connectivity index (χ3n) is 4.52. The second-order valence-corrected chi connectivity index (χ2v) is 5.93. The maximum Gasteiger partial charge on any atom is 0.201 e. The van der Waals surface area contributed by atoms with E-state index >= 15 is 0 Å². The average molecular weight is 338 g/mol. The second kappa shape index (κ2) is 6.51. The van der Waals surface area contributed by atoms with Crippen LogP contribution in [0.4, 0.5) is 0 Å². The highest BCUT2D eigenvalue weighted by Gasteiger charge is 2.35. The number of ether oxygens (including phenoxy) is 1. The van der Waals surface area contributed by atoms with E-state index in [0.29, 0.717) is 24.2 Å². The lowest BCUT2D eigenvalue weighted by atomic mass is 9.81. The van der Waals surface area contributed by atoms with Gasteiger partial charge in [-0.25, -0.2) is 0 Å². The Kier molecular flexibility index (Phi) is 4.40. The van der Waals surface area contributed by atoms with Crippen molar-refractivity contribution in [3.63, 3.8) is 0 Å². The van der Waals surface area contributed by atoms with Crippen molar-refractivity contribution in [2.75, 3.05) is 7.11 Å². The minimum atomic E-state index is -0.441. The first-order valence-electron chi connectivity index (χ1n) is 8.12. The molecule has 2 aromatic rings. The first-order valence-corrected chi connectivity index (χ1v) is 8.12. The summed E-state index contributed by atoms with van der Waals surface area (Å²) >= 11 is 0. The Bertz CT molecular complexity index is 895. The molecule has 1 N–H and O–H groups in total. The van der Waals surface area contributed by atoms with Crippen LogP contribution in [0, 0.1) is 0 Å². The van der Waals surface area contributed by atoms with Crippen LogP contribution in [0.3, 0.4) is 0 Å². The van der Waals surface area contributed by atoms with E-state index in [1.54, 1.807) is 37.3 Å². The minimum Gasteiger partial charge on any atom is -0.507 e. The summed E-state index contributed by atoms with van der Waals surface area (Å²) in [4.78, 5) is 37.2. The molecule has 128 valence electrons. The fourth-order valence-corrected chi connectivity index (χ4v) is 3.10. The number of hydrogen-bond acceptors (Lipinski definition) is 5. The SMILES string of the molecule is CCC(=O)CCc1ccc2c(c1O)C(=O)c1c(OC)cccc1C2=O. The Labute approximate surface area is 145 Å². The van der Waals surface area contributed by atoms with Gasteiger partial charge < -0.3 is 9.84 Å². The van der Waals surface area contributed by atoms with Crippen LogP contribution < -0.4 is 4.74 Å². The summed E-state index contributed by atoms with van der Waals surface area (Å²) in [6.07, 6.45) is 1.03. The van der Waals surface area contributed by atoms with Crippen LogP contribution in [0.2, 0.25) is 0 Å². The van der Waals surface area contributed by atoms with E-state index in [-0.39, 0.29) is 46.0 Å². The number of aryl methyl sites for hydroxylation is 1. The highest BCUT2D eigenvalue weighted by atomic mass is 16.5. The zero-order valence-corrected chi connectivity index (χ0v) is 14.1. The van der Waals surface area contributed by atoms with E-state index in [9.17, 15) is 19.5 Å². The van der Waals surface area contributed by atoms with Gasteiger partial charge in [0.15, 0.2) is 5.78 Å². The quantitative estimate of drug-likeness (QED) is 0.773. The van der Waals surface area contributed by atoms with Gasteiger partial charge in [-0.2, -0.15) is 0 Å². The molecule has 1 aliphatic rings. The molecule has 3 rings (SSSR count). The van der Waals surface area contributed by atoms with E-state index in [1.165, 1.54) is 7.11 Å². The van der Waals surface area contributed by atoms with Gasteiger partial charge >= 0.3 is 0 Å². The summed E-state index contributed by atoms with van der Waals surface area (Å²) in [5, 5.41) is 10.6. The molecule has 0 heterocycles. The monoisotopic (exact) mass is 338 g/mol. The van der Waals surface area contributed by atoms with Crippen molar-refractivity contribution in [3.8, 4) is 11.5 Å². The number of ketones is 3. The molecule has 5 nitrogen and oxygen atoms in total. The first-order chi connectivity index (χ1) is 12.0. The standard InChI is InChI=1S/C20H18O5/c1-3-12(21)9-7-11-8-10-14-17(18(11)22)20(24)16-13(19(14)23)5-4-6-15(16)25-2/h4-6,8,10,22H,3,7,9H2,1-2H3. The third-order valence-corrected chi connectivity index (χ3v) is 4.52. The van der Waals surface area contributed by atoms with E-state index in [0.717, 1.165) is 0 Å². The van der Waals surface area contributed by atoms with Crippen molar-refractivity contribution in [1.82, 2.24) is 0 Å². The number of phenols is 1. The van der Waals surface area contributed by atoms with Gasteiger partial charge in [-0.1, -0.05) is 25.1 Å². The number of phenolic OH excluding ortho intramolecular Hbond substituents is 1. The van der Waals surface area contributed by atoms with Crippen LogP contribution in [0.25, 0.3) is 0 Å². The number of hydrogen-bond donors (Lipinski definition) is 1. The molecule has 0 radical (unpaired) electrons. The van der Waals surface area contributed by atoms with Crippen LogP contribution in [0.15, 0.2) is 30.3 Å². The molecule has 0 bridgehead atoms. The number of carbonyl (C=O) groups is 3.